The van der Waals surface area contributed by atoms with Gasteiger partial charge in [0.15, 0.2) is 11.5 Å². The maximum Gasteiger partial charge on any atom is 0.326 e. The zero-order valence-corrected chi connectivity index (χ0v) is 14.9. The molecule has 1 fully saturated rings. The molecule has 6 nitrogen and oxygen atoms in total. The summed E-state index contributed by atoms with van der Waals surface area (Å²) in [7, 11) is 0. The first-order chi connectivity index (χ1) is 12.1. The number of carbonyl (C=O) groups excluding carboxylic acids is 1. The number of fused-ring (bicyclic) bond motifs is 1. The van der Waals surface area contributed by atoms with Gasteiger partial charge in [-0.3, -0.25) is 4.79 Å². The van der Waals surface area contributed by atoms with E-state index in [9.17, 15) is 14.7 Å². The van der Waals surface area contributed by atoms with Gasteiger partial charge in [0.1, 0.15) is 6.04 Å². The predicted molar refractivity (Wildman–Crippen MR) is 94.4 cm³/mol. The molecule has 1 N–H and O–H groups in total. The Morgan fingerprint density at radius 2 is 1.96 bits per heavy atom. The lowest BCUT2D eigenvalue weighted by atomic mass is 10.0. The maximum absolute atomic E-state index is 12.4. The number of piperidine rings is 1. The minimum absolute atomic E-state index is 0.0751. The van der Waals surface area contributed by atoms with Crippen LogP contribution in [-0.2, 0) is 9.59 Å². The quantitative estimate of drug-likeness (QED) is 0.809. The summed E-state index contributed by atoms with van der Waals surface area (Å²) in [5.41, 5.74) is 0. The molecule has 2 aliphatic rings. The summed E-state index contributed by atoms with van der Waals surface area (Å²) < 4.78 is 11.3. The molecule has 0 saturated carbocycles. The first kappa shape index (κ1) is 17.9. The van der Waals surface area contributed by atoms with Crippen molar-refractivity contribution in [3.8, 4) is 11.5 Å². The highest BCUT2D eigenvalue weighted by molar-refractivity contribution is 7.99. The Labute approximate surface area is 151 Å². The third-order valence-corrected chi connectivity index (χ3v) is 5.41. The van der Waals surface area contributed by atoms with Crippen LogP contribution in [0.5, 0.6) is 11.5 Å². The number of rotatable bonds is 5. The number of hydrogen-bond donors (Lipinski definition) is 1. The summed E-state index contributed by atoms with van der Waals surface area (Å²) in [6.07, 6.45) is 3.50. The van der Waals surface area contributed by atoms with E-state index in [2.05, 4.69) is 0 Å². The molecular formula is C18H23NO5S. The van der Waals surface area contributed by atoms with Crippen molar-refractivity contribution in [2.75, 3.05) is 25.5 Å². The van der Waals surface area contributed by atoms with Gasteiger partial charge in [0.25, 0.3) is 0 Å². The molecule has 25 heavy (non-hydrogen) atoms. The highest BCUT2D eigenvalue weighted by Gasteiger charge is 2.31. The fourth-order valence-electron chi connectivity index (χ4n) is 3.12. The highest BCUT2D eigenvalue weighted by Crippen LogP contribution is 2.34. The van der Waals surface area contributed by atoms with Crippen molar-refractivity contribution in [2.24, 2.45) is 0 Å². The van der Waals surface area contributed by atoms with Crippen LogP contribution in [0.25, 0.3) is 0 Å². The molecule has 0 aromatic heterocycles. The smallest absolute Gasteiger partial charge is 0.326 e. The van der Waals surface area contributed by atoms with Gasteiger partial charge < -0.3 is 19.5 Å². The first-order valence-corrected chi connectivity index (χ1v) is 9.68. The molecule has 2 aliphatic heterocycles. The molecule has 1 amide bonds. The second-order valence-corrected chi connectivity index (χ2v) is 7.36. The Morgan fingerprint density at radius 1 is 1.16 bits per heavy atom. The largest absolute Gasteiger partial charge is 0.490 e. The van der Waals surface area contributed by atoms with Crippen molar-refractivity contribution in [1.29, 1.82) is 0 Å². The van der Waals surface area contributed by atoms with Crippen molar-refractivity contribution in [1.82, 2.24) is 4.90 Å². The number of carboxylic acids is 1. The van der Waals surface area contributed by atoms with Crippen molar-refractivity contribution in [3.05, 3.63) is 18.2 Å². The van der Waals surface area contributed by atoms with E-state index in [4.69, 9.17) is 9.47 Å². The van der Waals surface area contributed by atoms with E-state index in [1.165, 1.54) is 4.90 Å². The van der Waals surface area contributed by atoms with Crippen LogP contribution in [0.1, 0.15) is 32.1 Å². The molecule has 0 aliphatic carbocycles. The molecule has 0 radical (unpaired) electrons. The zero-order valence-electron chi connectivity index (χ0n) is 14.1. The first-order valence-electron chi connectivity index (χ1n) is 8.70. The Bertz CT molecular complexity index is 636. The number of carboxylic acid groups (broad SMARTS) is 1. The minimum Gasteiger partial charge on any atom is -0.490 e. The minimum atomic E-state index is -0.899. The maximum atomic E-state index is 12.4. The number of likely N-dealkylation sites (tertiary alicyclic amines) is 1. The van der Waals surface area contributed by atoms with Gasteiger partial charge in [0, 0.05) is 30.0 Å². The number of ether oxygens (including phenoxy) is 2. The molecule has 0 bridgehead atoms. The summed E-state index contributed by atoms with van der Waals surface area (Å²) in [4.78, 5) is 26.2. The summed E-state index contributed by atoms with van der Waals surface area (Å²) in [6.45, 7) is 1.85. The monoisotopic (exact) mass is 365 g/mol. The van der Waals surface area contributed by atoms with Crippen LogP contribution in [0.4, 0.5) is 0 Å². The van der Waals surface area contributed by atoms with Gasteiger partial charge in [0.05, 0.1) is 13.2 Å². The molecule has 136 valence electrons. The summed E-state index contributed by atoms with van der Waals surface area (Å²) in [5, 5.41) is 9.27. The number of aliphatic carboxylic acids is 1. The third kappa shape index (κ3) is 4.60. The lowest BCUT2D eigenvalue weighted by Gasteiger charge is -2.33. The fraction of sp³-hybridized carbons (Fsp3) is 0.556. The SMILES string of the molecule is O=C(O)C1CCCCN1C(=O)CCSc1ccc2c(c1)OCCCO2. The van der Waals surface area contributed by atoms with E-state index in [1.807, 2.05) is 18.2 Å². The van der Waals surface area contributed by atoms with E-state index >= 15 is 0 Å². The van der Waals surface area contributed by atoms with Gasteiger partial charge in [-0.25, -0.2) is 4.79 Å². The highest BCUT2D eigenvalue weighted by atomic mass is 32.2. The summed E-state index contributed by atoms with van der Waals surface area (Å²) in [5.74, 6) is 1.14. The molecule has 3 rings (SSSR count). The van der Waals surface area contributed by atoms with Gasteiger partial charge in [-0.2, -0.15) is 0 Å². The summed E-state index contributed by atoms with van der Waals surface area (Å²) in [6, 6.07) is 5.14. The Kier molecular flexibility index (Phi) is 6.07. The Hall–Kier alpha value is -1.89. The van der Waals surface area contributed by atoms with Crippen molar-refractivity contribution < 1.29 is 24.2 Å². The molecule has 1 aromatic rings. The van der Waals surface area contributed by atoms with Crippen molar-refractivity contribution in [2.45, 2.75) is 43.0 Å². The van der Waals surface area contributed by atoms with Crippen LogP contribution in [0.3, 0.4) is 0 Å². The van der Waals surface area contributed by atoms with Crippen LogP contribution in [-0.4, -0.2) is 53.4 Å². The van der Waals surface area contributed by atoms with Crippen LogP contribution in [0, 0.1) is 0 Å². The Morgan fingerprint density at radius 3 is 2.76 bits per heavy atom. The molecular weight excluding hydrogens is 342 g/mol. The average Bonchev–Trinajstić information content (AvgIpc) is 2.86. The van der Waals surface area contributed by atoms with E-state index in [0.29, 0.717) is 38.4 Å². The van der Waals surface area contributed by atoms with E-state index in [1.54, 1.807) is 11.8 Å². The van der Waals surface area contributed by atoms with E-state index in [0.717, 1.165) is 35.7 Å². The number of nitrogens with zero attached hydrogens (tertiary/aromatic N) is 1. The number of benzene rings is 1. The van der Waals surface area contributed by atoms with Crippen LogP contribution in [0.15, 0.2) is 23.1 Å². The van der Waals surface area contributed by atoms with Gasteiger partial charge in [-0.1, -0.05) is 0 Å². The van der Waals surface area contributed by atoms with Gasteiger partial charge in [-0.15, -0.1) is 11.8 Å². The lowest BCUT2D eigenvalue weighted by molar-refractivity contribution is -0.151. The molecule has 1 unspecified atom stereocenters. The number of hydrogen-bond acceptors (Lipinski definition) is 5. The van der Waals surface area contributed by atoms with Gasteiger partial charge in [-0.05, 0) is 37.5 Å². The molecule has 1 aromatic carbocycles. The fourth-order valence-corrected chi connectivity index (χ4v) is 3.99. The average molecular weight is 365 g/mol. The standard InChI is InChI=1S/C18H23NO5S/c20-17(19-8-2-1-4-14(19)18(21)22)7-11-25-13-5-6-15-16(12-13)24-10-3-9-23-15/h5-6,12,14H,1-4,7-11H2,(H,21,22). The topological polar surface area (TPSA) is 76.1 Å². The predicted octanol–water partition coefficient (Wildman–Crippen LogP) is 2.80. The van der Waals surface area contributed by atoms with Crippen molar-refractivity contribution in [3.63, 3.8) is 0 Å². The van der Waals surface area contributed by atoms with Crippen molar-refractivity contribution >= 4 is 23.6 Å². The van der Waals surface area contributed by atoms with E-state index in [-0.39, 0.29) is 5.91 Å². The summed E-state index contributed by atoms with van der Waals surface area (Å²) >= 11 is 1.57. The molecule has 0 spiro atoms. The zero-order chi connectivity index (χ0) is 17.6. The molecule has 7 heteroatoms. The van der Waals surface area contributed by atoms with Crippen LogP contribution in [0.2, 0.25) is 0 Å². The number of amides is 1. The second-order valence-electron chi connectivity index (χ2n) is 6.19. The number of carbonyl (C=O) groups is 2. The van der Waals surface area contributed by atoms with Gasteiger partial charge >= 0.3 is 5.97 Å². The second kappa shape index (κ2) is 8.47. The van der Waals surface area contributed by atoms with Crippen LogP contribution < -0.4 is 9.47 Å². The van der Waals surface area contributed by atoms with E-state index < -0.39 is 12.0 Å². The van der Waals surface area contributed by atoms with Crippen LogP contribution >= 0.6 is 11.8 Å². The number of thioether (sulfide) groups is 1. The lowest BCUT2D eigenvalue weighted by Crippen LogP contribution is -2.48. The Balaban J connectivity index is 1.53. The molecule has 1 saturated heterocycles. The third-order valence-electron chi connectivity index (χ3n) is 4.41. The van der Waals surface area contributed by atoms with Gasteiger partial charge in [0.2, 0.25) is 5.91 Å². The molecule has 2 heterocycles. The molecule has 1 atom stereocenters. The normalized spacial score (nSPS) is 20.0.